The van der Waals surface area contributed by atoms with Crippen LogP contribution < -0.4 is 21.6 Å². The first-order chi connectivity index (χ1) is 9.01. The number of carbonyl (C=O) groups is 1. The van der Waals surface area contributed by atoms with Crippen LogP contribution in [0.2, 0.25) is 0 Å². The molecule has 0 saturated heterocycles. The van der Waals surface area contributed by atoms with E-state index >= 15 is 0 Å². The van der Waals surface area contributed by atoms with Gasteiger partial charge in [0.1, 0.15) is 11.3 Å². The van der Waals surface area contributed by atoms with Gasteiger partial charge in [-0.25, -0.2) is 10.6 Å². The van der Waals surface area contributed by atoms with Crippen LogP contribution >= 0.6 is 0 Å². The number of nitrogens with one attached hydrogen (secondary N) is 1. The molecule has 0 saturated carbocycles. The van der Waals surface area contributed by atoms with Crippen LogP contribution in [0, 0.1) is 13.8 Å². The van der Waals surface area contributed by atoms with Crippen LogP contribution in [-0.4, -0.2) is 12.5 Å². The molecule has 0 spiro atoms. The molecule has 0 aliphatic rings. The summed E-state index contributed by atoms with van der Waals surface area (Å²) in [6.45, 7) is 3.45. The van der Waals surface area contributed by atoms with Crippen molar-refractivity contribution in [2.45, 2.75) is 13.8 Å². The minimum absolute atomic E-state index is 0.168. The largest absolute Gasteiger partial charge is 0.483 e. The molecule has 0 aliphatic carbocycles. The molecule has 6 heteroatoms. The Morgan fingerprint density at radius 3 is 2.74 bits per heavy atom. The van der Waals surface area contributed by atoms with E-state index in [9.17, 15) is 9.59 Å². The summed E-state index contributed by atoms with van der Waals surface area (Å²) >= 11 is 0. The van der Waals surface area contributed by atoms with Crippen molar-refractivity contribution in [1.82, 2.24) is 5.43 Å². The van der Waals surface area contributed by atoms with Gasteiger partial charge >= 0.3 is 5.63 Å². The number of fused-ring (bicyclic) bond motifs is 1. The normalized spacial score (nSPS) is 10.5. The zero-order valence-electron chi connectivity index (χ0n) is 10.6. The van der Waals surface area contributed by atoms with E-state index in [-0.39, 0.29) is 12.2 Å². The molecule has 3 N–H and O–H groups in total. The predicted molar refractivity (Wildman–Crippen MR) is 69.8 cm³/mol. The van der Waals surface area contributed by atoms with E-state index in [4.69, 9.17) is 15.0 Å². The Hall–Kier alpha value is -2.34. The molecule has 0 unspecified atom stereocenters. The third kappa shape index (κ3) is 2.74. The lowest BCUT2D eigenvalue weighted by Gasteiger charge is -2.10. The van der Waals surface area contributed by atoms with E-state index in [1.165, 1.54) is 6.07 Å². The van der Waals surface area contributed by atoms with Crippen molar-refractivity contribution in [3.8, 4) is 5.75 Å². The number of rotatable bonds is 3. The van der Waals surface area contributed by atoms with Crippen molar-refractivity contribution >= 4 is 16.9 Å². The molecule has 0 aliphatic heterocycles. The molecule has 1 heterocycles. The highest BCUT2D eigenvalue weighted by atomic mass is 16.5. The molecule has 19 heavy (non-hydrogen) atoms. The molecule has 1 aromatic heterocycles. The van der Waals surface area contributed by atoms with Crippen molar-refractivity contribution in [2.24, 2.45) is 5.84 Å². The Balaban J connectivity index is 2.43. The minimum atomic E-state index is -0.421. The van der Waals surface area contributed by atoms with E-state index in [2.05, 4.69) is 0 Å². The Morgan fingerprint density at radius 2 is 2.05 bits per heavy atom. The van der Waals surface area contributed by atoms with Crippen LogP contribution in [0.15, 0.2) is 27.4 Å². The standard InChI is InChI=1S/C13H14N2O4/c1-7-4-13(17)19-11-3-8(2)10(5-9(7)11)18-6-12(16)15-14/h3-5H,6,14H2,1-2H3,(H,15,16). The van der Waals surface area contributed by atoms with E-state index < -0.39 is 5.91 Å². The second kappa shape index (κ2) is 5.11. The molecule has 0 bridgehead atoms. The predicted octanol–water partition coefficient (Wildman–Crippen LogP) is 0.779. The summed E-state index contributed by atoms with van der Waals surface area (Å²) in [7, 11) is 0. The molecule has 1 aromatic carbocycles. The minimum Gasteiger partial charge on any atom is -0.483 e. The summed E-state index contributed by atoms with van der Waals surface area (Å²) in [5.41, 5.74) is 3.66. The Kier molecular flexibility index (Phi) is 3.52. The number of hydrogen-bond donors (Lipinski definition) is 2. The van der Waals surface area contributed by atoms with Gasteiger partial charge in [0.05, 0.1) is 0 Å². The molecular weight excluding hydrogens is 248 g/mol. The maximum atomic E-state index is 11.3. The number of hydrazine groups is 1. The Morgan fingerprint density at radius 1 is 1.32 bits per heavy atom. The summed E-state index contributed by atoms with van der Waals surface area (Å²) in [5, 5.41) is 0.772. The lowest BCUT2D eigenvalue weighted by Crippen LogP contribution is -2.34. The number of nitrogens with two attached hydrogens (primary N) is 1. The third-order valence-corrected chi connectivity index (χ3v) is 2.77. The zero-order valence-corrected chi connectivity index (χ0v) is 10.6. The summed E-state index contributed by atoms with van der Waals surface area (Å²) in [6.07, 6.45) is 0. The molecule has 0 atom stereocenters. The molecule has 0 fully saturated rings. The Labute approximate surface area is 109 Å². The van der Waals surface area contributed by atoms with Crippen molar-refractivity contribution in [3.63, 3.8) is 0 Å². The van der Waals surface area contributed by atoms with Crippen molar-refractivity contribution < 1.29 is 13.9 Å². The first-order valence-corrected chi connectivity index (χ1v) is 5.68. The second-order valence-corrected chi connectivity index (χ2v) is 4.22. The van der Waals surface area contributed by atoms with Crippen LogP contribution in [0.25, 0.3) is 11.0 Å². The van der Waals surface area contributed by atoms with Gasteiger partial charge in [0, 0.05) is 11.5 Å². The molecule has 100 valence electrons. The van der Waals surface area contributed by atoms with Gasteiger partial charge in [-0.3, -0.25) is 10.2 Å². The van der Waals surface area contributed by atoms with Gasteiger partial charge in [0.2, 0.25) is 0 Å². The lowest BCUT2D eigenvalue weighted by atomic mass is 10.1. The van der Waals surface area contributed by atoms with Gasteiger partial charge in [0.25, 0.3) is 5.91 Å². The number of ether oxygens (including phenoxy) is 1. The summed E-state index contributed by atoms with van der Waals surface area (Å²) in [4.78, 5) is 22.3. The molecule has 2 rings (SSSR count). The highest BCUT2D eigenvalue weighted by molar-refractivity contribution is 5.83. The molecule has 0 radical (unpaired) electrons. The van der Waals surface area contributed by atoms with Gasteiger partial charge in [-0.2, -0.15) is 0 Å². The molecule has 1 amide bonds. The van der Waals surface area contributed by atoms with E-state index in [1.54, 1.807) is 19.1 Å². The SMILES string of the molecule is Cc1cc2oc(=O)cc(C)c2cc1OCC(=O)NN. The topological polar surface area (TPSA) is 94.6 Å². The zero-order chi connectivity index (χ0) is 14.0. The smallest absolute Gasteiger partial charge is 0.336 e. The van der Waals surface area contributed by atoms with Crippen LogP contribution in [0.5, 0.6) is 5.75 Å². The number of carbonyl (C=O) groups excluding carboxylic acids is 1. The van der Waals surface area contributed by atoms with E-state index in [0.717, 1.165) is 16.5 Å². The van der Waals surface area contributed by atoms with Gasteiger partial charge in [-0.1, -0.05) is 0 Å². The van der Waals surface area contributed by atoms with Crippen LogP contribution in [0.1, 0.15) is 11.1 Å². The summed E-state index contributed by atoms with van der Waals surface area (Å²) < 4.78 is 10.5. The lowest BCUT2D eigenvalue weighted by molar-refractivity contribution is -0.123. The monoisotopic (exact) mass is 262 g/mol. The van der Waals surface area contributed by atoms with Gasteiger partial charge in [-0.05, 0) is 37.1 Å². The van der Waals surface area contributed by atoms with E-state index in [1.807, 2.05) is 12.3 Å². The van der Waals surface area contributed by atoms with Crippen molar-refractivity contribution in [1.29, 1.82) is 0 Å². The molecular formula is C13H14N2O4. The first-order valence-electron chi connectivity index (χ1n) is 5.68. The fraction of sp³-hybridized carbons (Fsp3) is 0.231. The first kappa shape index (κ1) is 13.1. The maximum absolute atomic E-state index is 11.3. The van der Waals surface area contributed by atoms with Crippen molar-refractivity contribution in [3.05, 3.63) is 39.7 Å². The highest BCUT2D eigenvalue weighted by Crippen LogP contribution is 2.26. The quantitative estimate of drug-likeness (QED) is 0.369. The summed E-state index contributed by atoms with van der Waals surface area (Å²) in [5.74, 6) is 5.10. The average molecular weight is 262 g/mol. The van der Waals surface area contributed by atoms with Gasteiger partial charge in [-0.15, -0.1) is 0 Å². The number of benzene rings is 1. The summed E-state index contributed by atoms with van der Waals surface area (Å²) in [6, 6.07) is 4.86. The third-order valence-electron chi connectivity index (χ3n) is 2.77. The fourth-order valence-electron chi connectivity index (χ4n) is 1.79. The maximum Gasteiger partial charge on any atom is 0.336 e. The van der Waals surface area contributed by atoms with Crippen LogP contribution in [0.4, 0.5) is 0 Å². The molecule has 6 nitrogen and oxygen atoms in total. The highest BCUT2D eigenvalue weighted by Gasteiger charge is 2.09. The molecule has 2 aromatic rings. The fourth-order valence-corrected chi connectivity index (χ4v) is 1.79. The van der Waals surface area contributed by atoms with Crippen LogP contribution in [-0.2, 0) is 4.79 Å². The number of hydrogen-bond acceptors (Lipinski definition) is 5. The van der Waals surface area contributed by atoms with Gasteiger partial charge in [0.15, 0.2) is 6.61 Å². The second-order valence-electron chi connectivity index (χ2n) is 4.22. The van der Waals surface area contributed by atoms with E-state index in [0.29, 0.717) is 11.3 Å². The number of amides is 1. The van der Waals surface area contributed by atoms with Crippen molar-refractivity contribution in [2.75, 3.05) is 6.61 Å². The van der Waals surface area contributed by atoms with Crippen LogP contribution in [0.3, 0.4) is 0 Å². The number of aryl methyl sites for hydroxylation is 2. The van der Waals surface area contributed by atoms with Gasteiger partial charge < -0.3 is 9.15 Å². The average Bonchev–Trinajstić information content (AvgIpc) is 2.36. The Bertz CT molecular complexity index is 691.